The average Bonchev–Trinajstić information content (AvgIpc) is 3.40. The Balaban J connectivity index is 1.66. The van der Waals surface area contributed by atoms with Crippen molar-refractivity contribution in [2.24, 2.45) is 11.8 Å². The minimum absolute atomic E-state index is 0.154. The molecule has 0 aromatic heterocycles. The van der Waals surface area contributed by atoms with E-state index >= 15 is 0 Å². The fourth-order valence-corrected chi connectivity index (χ4v) is 2.98. The van der Waals surface area contributed by atoms with Gasteiger partial charge in [0.15, 0.2) is 0 Å². The van der Waals surface area contributed by atoms with Gasteiger partial charge in [-0.25, -0.2) is 4.39 Å². The maximum Gasteiger partial charge on any atom is 0.308 e. The number of amides is 1. The first-order valence-electron chi connectivity index (χ1n) is 8.43. The number of likely N-dealkylation sites (tertiary alicyclic amines) is 1. The van der Waals surface area contributed by atoms with Crippen LogP contribution in [0.3, 0.4) is 0 Å². The molecule has 1 aromatic carbocycles. The lowest BCUT2D eigenvalue weighted by Gasteiger charge is -2.30. The number of carbonyl (C=O) groups is 2. The summed E-state index contributed by atoms with van der Waals surface area (Å²) in [5, 5.41) is 9.13. The van der Waals surface area contributed by atoms with Gasteiger partial charge in [0.1, 0.15) is 5.82 Å². The van der Waals surface area contributed by atoms with Crippen LogP contribution in [0, 0.1) is 17.7 Å². The lowest BCUT2D eigenvalue weighted by Crippen LogP contribution is -2.42. The van der Waals surface area contributed by atoms with E-state index in [9.17, 15) is 14.0 Å². The smallest absolute Gasteiger partial charge is 0.308 e. The maximum atomic E-state index is 13.9. The molecule has 0 unspecified atom stereocenters. The monoisotopic (exact) mass is 335 g/mol. The fraction of sp³-hybridized carbons (Fsp3) is 0.556. The molecule has 2 fully saturated rings. The summed E-state index contributed by atoms with van der Waals surface area (Å²) in [5.74, 6) is -1.43. The number of carboxylic acids is 1. The van der Waals surface area contributed by atoms with Gasteiger partial charge >= 0.3 is 5.97 Å². The van der Waals surface area contributed by atoms with Gasteiger partial charge < -0.3 is 14.7 Å². The van der Waals surface area contributed by atoms with Gasteiger partial charge in [0.2, 0.25) is 0 Å². The summed E-state index contributed by atoms with van der Waals surface area (Å²) in [4.78, 5) is 25.3. The van der Waals surface area contributed by atoms with Gasteiger partial charge in [-0.3, -0.25) is 9.59 Å². The van der Waals surface area contributed by atoms with Crippen LogP contribution in [-0.4, -0.2) is 41.6 Å². The normalized spacial score (nSPS) is 20.9. The molecular weight excluding hydrogens is 313 g/mol. The second kappa shape index (κ2) is 7.30. The topological polar surface area (TPSA) is 66.8 Å². The van der Waals surface area contributed by atoms with E-state index in [1.54, 1.807) is 4.90 Å². The minimum Gasteiger partial charge on any atom is -0.481 e. The first-order chi connectivity index (χ1) is 11.5. The summed E-state index contributed by atoms with van der Waals surface area (Å²) >= 11 is 0. The predicted octanol–water partition coefficient (Wildman–Crippen LogP) is 2.69. The summed E-state index contributed by atoms with van der Waals surface area (Å²) in [6, 6.07) is 4.25. The van der Waals surface area contributed by atoms with E-state index in [1.165, 1.54) is 31.0 Å². The van der Waals surface area contributed by atoms with Crippen molar-refractivity contribution in [3.05, 3.63) is 35.1 Å². The van der Waals surface area contributed by atoms with Gasteiger partial charge in [0.05, 0.1) is 12.5 Å². The highest BCUT2D eigenvalue weighted by Gasteiger charge is 2.29. The lowest BCUT2D eigenvalue weighted by atomic mass is 9.97. The third kappa shape index (κ3) is 4.12. The molecular formula is C18H22FNO4. The summed E-state index contributed by atoms with van der Waals surface area (Å²) < 4.78 is 19.4. The number of hydrogen-bond donors (Lipinski definition) is 1. The van der Waals surface area contributed by atoms with Crippen LogP contribution in [0.4, 0.5) is 4.39 Å². The molecule has 1 amide bonds. The zero-order valence-corrected chi connectivity index (χ0v) is 13.5. The van der Waals surface area contributed by atoms with Crippen LogP contribution < -0.4 is 0 Å². The van der Waals surface area contributed by atoms with E-state index in [-0.39, 0.29) is 24.9 Å². The number of halogens is 1. The van der Waals surface area contributed by atoms with Crippen molar-refractivity contribution in [1.82, 2.24) is 4.90 Å². The van der Waals surface area contributed by atoms with Crippen molar-refractivity contribution in [3.8, 4) is 0 Å². The molecule has 2 aliphatic rings. The van der Waals surface area contributed by atoms with Gasteiger partial charge in [0.25, 0.3) is 5.91 Å². The van der Waals surface area contributed by atoms with Crippen molar-refractivity contribution in [2.45, 2.75) is 32.3 Å². The minimum atomic E-state index is -0.874. The van der Waals surface area contributed by atoms with Crippen LogP contribution in [0.1, 0.15) is 41.6 Å². The third-order valence-electron chi connectivity index (χ3n) is 4.66. The van der Waals surface area contributed by atoms with Crippen molar-refractivity contribution in [3.63, 3.8) is 0 Å². The number of rotatable bonds is 6. The van der Waals surface area contributed by atoms with Crippen molar-refractivity contribution in [1.29, 1.82) is 0 Å². The van der Waals surface area contributed by atoms with Gasteiger partial charge in [-0.1, -0.05) is 0 Å². The number of ether oxygens (including phenoxy) is 1. The average molecular weight is 335 g/mol. The molecule has 1 saturated carbocycles. The molecule has 6 heteroatoms. The van der Waals surface area contributed by atoms with Crippen LogP contribution in [0.25, 0.3) is 0 Å². The second-order valence-electron chi connectivity index (χ2n) is 6.69. The Hall–Kier alpha value is -1.95. The van der Waals surface area contributed by atoms with Crippen LogP contribution in [0.5, 0.6) is 0 Å². The summed E-state index contributed by atoms with van der Waals surface area (Å²) in [6.07, 6.45) is 3.59. The summed E-state index contributed by atoms with van der Waals surface area (Å²) in [7, 11) is 0. The van der Waals surface area contributed by atoms with E-state index in [2.05, 4.69) is 0 Å². The SMILES string of the molecule is O=C(O)[C@@H]1CCCN(C(=O)c2ccc(F)c(COCC3CC3)c2)C1. The van der Waals surface area contributed by atoms with E-state index in [0.717, 1.165) is 0 Å². The number of piperidine rings is 1. The molecule has 1 atom stereocenters. The van der Waals surface area contributed by atoms with Crippen molar-refractivity contribution in [2.75, 3.05) is 19.7 Å². The summed E-state index contributed by atoms with van der Waals surface area (Å²) in [6.45, 7) is 1.53. The highest BCUT2D eigenvalue weighted by molar-refractivity contribution is 5.94. The van der Waals surface area contributed by atoms with E-state index in [1.807, 2.05) is 0 Å². The first-order valence-corrected chi connectivity index (χ1v) is 8.43. The number of aliphatic carboxylic acids is 1. The van der Waals surface area contributed by atoms with Crippen LogP contribution in [-0.2, 0) is 16.1 Å². The van der Waals surface area contributed by atoms with Crippen LogP contribution in [0.15, 0.2) is 18.2 Å². The standard InChI is InChI=1S/C18H22FNO4/c19-16-6-5-13(8-15(16)11-24-10-12-3-4-12)17(21)20-7-1-2-14(9-20)18(22)23/h5-6,8,12,14H,1-4,7,9-11H2,(H,22,23)/t14-/m1/s1. The molecule has 0 bridgehead atoms. The zero-order chi connectivity index (χ0) is 17.1. The van der Waals surface area contributed by atoms with E-state index in [0.29, 0.717) is 43.0 Å². The second-order valence-corrected chi connectivity index (χ2v) is 6.69. The van der Waals surface area contributed by atoms with Gasteiger partial charge in [-0.2, -0.15) is 0 Å². The number of benzene rings is 1. The molecule has 3 rings (SSSR count). The Labute approximate surface area is 140 Å². The van der Waals surface area contributed by atoms with Gasteiger partial charge in [-0.05, 0) is 49.8 Å². The number of carboxylic acid groups (broad SMARTS) is 1. The molecule has 1 saturated heterocycles. The molecule has 5 nitrogen and oxygen atoms in total. The Morgan fingerprint density at radius 1 is 1.29 bits per heavy atom. The highest BCUT2D eigenvalue weighted by atomic mass is 19.1. The quantitative estimate of drug-likeness (QED) is 0.868. The molecule has 24 heavy (non-hydrogen) atoms. The molecule has 130 valence electrons. The van der Waals surface area contributed by atoms with Gasteiger partial charge in [-0.15, -0.1) is 0 Å². The molecule has 1 N–H and O–H groups in total. The molecule has 0 spiro atoms. The van der Waals surface area contributed by atoms with Crippen LogP contribution >= 0.6 is 0 Å². The van der Waals surface area contributed by atoms with E-state index in [4.69, 9.17) is 9.84 Å². The Morgan fingerprint density at radius 2 is 2.08 bits per heavy atom. The summed E-state index contributed by atoms with van der Waals surface area (Å²) in [5.41, 5.74) is 0.751. The van der Waals surface area contributed by atoms with Crippen molar-refractivity contribution >= 4 is 11.9 Å². The number of hydrogen-bond acceptors (Lipinski definition) is 3. The largest absolute Gasteiger partial charge is 0.481 e. The third-order valence-corrected chi connectivity index (χ3v) is 4.66. The predicted molar refractivity (Wildman–Crippen MR) is 85.0 cm³/mol. The highest BCUT2D eigenvalue weighted by Crippen LogP contribution is 2.29. The van der Waals surface area contributed by atoms with Crippen LogP contribution in [0.2, 0.25) is 0 Å². The Kier molecular flexibility index (Phi) is 5.14. The molecule has 1 aliphatic heterocycles. The maximum absolute atomic E-state index is 13.9. The fourth-order valence-electron chi connectivity index (χ4n) is 2.98. The first kappa shape index (κ1) is 16.9. The Bertz CT molecular complexity index is 629. The van der Waals surface area contributed by atoms with Crippen molar-refractivity contribution < 1.29 is 23.8 Å². The lowest BCUT2D eigenvalue weighted by molar-refractivity contribution is -0.143. The number of carbonyl (C=O) groups excluding carboxylic acids is 1. The van der Waals surface area contributed by atoms with E-state index < -0.39 is 11.9 Å². The molecule has 1 aliphatic carbocycles. The Morgan fingerprint density at radius 3 is 2.79 bits per heavy atom. The number of nitrogens with zero attached hydrogens (tertiary/aromatic N) is 1. The molecule has 0 radical (unpaired) electrons. The zero-order valence-electron chi connectivity index (χ0n) is 13.5. The molecule has 1 heterocycles. The van der Waals surface area contributed by atoms with Gasteiger partial charge in [0, 0.05) is 30.8 Å². The molecule has 1 aromatic rings.